The molecule has 0 saturated heterocycles. The first-order valence-corrected chi connectivity index (χ1v) is 12.8. The number of ether oxygens (including phenoxy) is 2. The molecule has 1 fully saturated rings. The molecule has 37 heavy (non-hydrogen) atoms. The Labute approximate surface area is 219 Å². The molecule has 1 saturated carbocycles. The van der Waals surface area contributed by atoms with E-state index in [0.717, 1.165) is 18.4 Å². The molecule has 0 spiro atoms. The van der Waals surface area contributed by atoms with Crippen LogP contribution in [0.1, 0.15) is 78.0 Å². The molecule has 2 N–H and O–H groups in total. The first-order valence-electron chi connectivity index (χ1n) is 12.8. The van der Waals surface area contributed by atoms with E-state index in [1.807, 2.05) is 26.0 Å². The molecule has 1 aliphatic carbocycles. The van der Waals surface area contributed by atoms with E-state index in [4.69, 9.17) is 9.47 Å². The highest BCUT2D eigenvalue weighted by Gasteiger charge is 2.44. The molecule has 1 aromatic carbocycles. The summed E-state index contributed by atoms with van der Waals surface area (Å²) in [6, 6.07) is 5.27. The molecule has 2 unspecified atom stereocenters. The monoisotopic (exact) mass is 515 g/mol. The summed E-state index contributed by atoms with van der Waals surface area (Å²) in [5, 5.41) is 5.51. The Hall–Kier alpha value is -3.36. The molecule has 204 valence electrons. The number of nitrogens with one attached hydrogen (secondary N) is 2. The van der Waals surface area contributed by atoms with Gasteiger partial charge in [0.25, 0.3) is 0 Å². The fourth-order valence-electron chi connectivity index (χ4n) is 3.89. The number of amides is 3. The number of hydrogen-bond donors (Lipinski definition) is 2. The summed E-state index contributed by atoms with van der Waals surface area (Å²) in [6.45, 7) is 14.8. The Morgan fingerprint density at radius 3 is 2.41 bits per heavy atom. The third-order valence-electron chi connectivity index (χ3n) is 5.72. The second-order valence-electron chi connectivity index (χ2n) is 10.5. The van der Waals surface area contributed by atoms with Crippen molar-refractivity contribution >= 4 is 30.0 Å². The smallest absolute Gasteiger partial charge is 0.408 e. The van der Waals surface area contributed by atoms with Crippen LogP contribution in [0.5, 0.6) is 0 Å². The fourth-order valence-corrected chi connectivity index (χ4v) is 3.89. The molecule has 9 heteroatoms. The average Bonchev–Trinajstić information content (AvgIpc) is 3.64. The minimum Gasteiger partial charge on any atom is -0.466 e. The van der Waals surface area contributed by atoms with E-state index in [-0.39, 0.29) is 37.4 Å². The van der Waals surface area contributed by atoms with E-state index in [9.17, 15) is 19.2 Å². The highest BCUT2D eigenvalue weighted by molar-refractivity contribution is 5.93. The molecule has 0 heterocycles. The van der Waals surface area contributed by atoms with Gasteiger partial charge in [-0.1, -0.05) is 44.7 Å². The molecule has 9 nitrogen and oxygen atoms in total. The standard InChI is InChI=1S/C28H41N3O6/c1-8-19-11-10-12-20(17-19)24(25(33)29-16-15-22(32)36-9-2)31(21-13-14-21)26(34)23(18(3)4)30-27(35)37-28(5,6)7/h8,10-12,17-18,21,23-24H,1,9,13-16H2,2-7H3,(H,29,33)(H,30,35). The second kappa shape index (κ2) is 13.3. The molecule has 0 bridgehead atoms. The number of esters is 1. The van der Waals surface area contributed by atoms with Gasteiger partial charge < -0.3 is 25.0 Å². The van der Waals surface area contributed by atoms with Gasteiger partial charge in [0.15, 0.2) is 0 Å². The maximum Gasteiger partial charge on any atom is 0.408 e. The van der Waals surface area contributed by atoms with Gasteiger partial charge in [0, 0.05) is 12.6 Å². The van der Waals surface area contributed by atoms with Gasteiger partial charge >= 0.3 is 12.1 Å². The highest BCUT2D eigenvalue weighted by atomic mass is 16.6. The first kappa shape index (κ1) is 29.9. The van der Waals surface area contributed by atoms with Gasteiger partial charge in [-0.05, 0) is 63.6 Å². The van der Waals surface area contributed by atoms with Crippen LogP contribution in [0, 0.1) is 5.92 Å². The predicted molar refractivity (Wildman–Crippen MR) is 141 cm³/mol. The van der Waals surface area contributed by atoms with E-state index in [1.165, 1.54) is 0 Å². The van der Waals surface area contributed by atoms with E-state index >= 15 is 0 Å². The molecule has 0 radical (unpaired) electrons. The number of carbonyl (C=O) groups excluding carboxylic acids is 4. The number of rotatable bonds is 12. The van der Waals surface area contributed by atoms with Crippen molar-refractivity contribution in [3.05, 3.63) is 42.0 Å². The van der Waals surface area contributed by atoms with Crippen molar-refractivity contribution in [2.75, 3.05) is 13.2 Å². The van der Waals surface area contributed by atoms with E-state index in [0.29, 0.717) is 5.56 Å². The van der Waals surface area contributed by atoms with Gasteiger partial charge in [0.2, 0.25) is 11.8 Å². The largest absolute Gasteiger partial charge is 0.466 e. The summed E-state index contributed by atoms with van der Waals surface area (Å²) in [5.74, 6) is -1.44. The summed E-state index contributed by atoms with van der Waals surface area (Å²) in [6.07, 6.45) is 2.49. The Kier molecular flexibility index (Phi) is 10.7. The van der Waals surface area contributed by atoms with Crippen molar-refractivity contribution in [1.29, 1.82) is 0 Å². The molecular formula is C28H41N3O6. The summed E-state index contributed by atoms with van der Waals surface area (Å²) >= 11 is 0. The summed E-state index contributed by atoms with van der Waals surface area (Å²) in [4.78, 5) is 53.5. The van der Waals surface area contributed by atoms with Crippen LogP contribution in [0.4, 0.5) is 4.79 Å². The number of hydrogen-bond acceptors (Lipinski definition) is 6. The Morgan fingerprint density at radius 2 is 1.86 bits per heavy atom. The molecule has 1 aliphatic rings. The lowest BCUT2D eigenvalue weighted by molar-refractivity contribution is -0.145. The van der Waals surface area contributed by atoms with Crippen molar-refractivity contribution in [2.24, 2.45) is 5.92 Å². The summed E-state index contributed by atoms with van der Waals surface area (Å²) in [7, 11) is 0. The van der Waals surface area contributed by atoms with Crippen LogP contribution in [-0.2, 0) is 23.9 Å². The van der Waals surface area contributed by atoms with Gasteiger partial charge in [-0.25, -0.2) is 4.79 Å². The van der Waals surface area contributed by atoms with Crippen LogP contribution in [0.3, 0.4) is 0 Å². The van der Waals surface area contributed by atoms with Crippen LogP contribution in [0.25, 0.3) is 6.08 Å². The Morgan fingerprint density at radius 1 is 1.19 bits per heavy atom. The Bertz CT molecular complexity index is 980. The maximum absolute atomic E-state index is 14.0. The molecule has 2 atom stereocenters. The van der Waals surface area contributed by atoms with Crippen LogP contribution >= 0.6 is 0 Å². The molecule has 1 aromatic rings. The van der Waals surface area contributed by atoms with Gasteiger partial charge in [0.05, 0.1) is 13.0 Å². The molecule has 2 rings (SSSR count). The zero-order valence-electron chi connectivity index (χ0n) is 22.8. The molecular weight excluding hydrogens is 474 g/mol. The normalized spacial score (nSPS) is 14.8. The highest BCUT2D eigenvalue weighted by Crippen LogP contribution is 2.36. The van der Waals surface area contributed by atoms with E-state index in [2.05, 4.69) is 17.2 Å². The Balaban J connectivity index is 2.39. The van der Waals surface area contributed by atoms with Gasteiger partial charge in [-0.3, -0.25) is 14.4 Å². The van der Waals surface area contributed by atoms with Crippen molar-refractivity contribution in [3.63, 3.8) is 0 Å². The number of benzene rings is 1. The van der Waals surface area contributed by atoms with Crippen LogP contribution in [0.15, 0.2) is 30.8 Å². The van der Waals surface area contributed by atoms with Crippen LogP contribution in [-0.4, -0.2) is 59.6 Å². The summed E-state index contributed by atoms with van der Waals surface area (Å²) < 4.78 is 10.3. The third-order valence-corrected chi connectivity index (χ3v) is 5.72. The fraction of sp³-hybridized carbons (Fsp3) is 0.571. The van der Waals surface area contributed by atoms with Crippen molar-refractivity contribution in [1.82, 2.24) is 15.5 Å². The quantitative estimate of drug-likeness (QED) is 0.407. The lowest BCUT2D eigenvalue weighted by Gasteiger charge is -2.36. The number of nitrogens with zero attached hydrogens (tertiary/aromatic N) is 1. The van der Waals surface area contributed by atoms with E-state index < -0.39 is 35.7 Å². The van der Waals surface area contributed by atoms with Crippen molar-refractivity contribution in [2.45, 2.75) is 84.5 Å². The number of alkyl carbamates (subject to hydrolysis) is 1. The first-order chi connectivity index (χ1) is 17.4. The maximum atomic E-state index is 14.0. The minimum absolute atomic E-state index is 0.0190. The third kappa shape index (κ3) is 9.22. The van der Waals surface area contributed by atoms with Crippen LogP contribution < -0.4 is 10.6 Å². The zero-order chi connectivity index (χ0) is 27.8. The lowest BCUT2D eigenvalue weighted by Crippen LogP contribution is -2.55. The second-order valence-corrected chi connectivity index (χ2v) is 10.5. The minimum atomic E-state index is -0.955. The number of carbonyl (C=O) groups is 4. The summed E-state index contributed by atoms with van der Waals surface area (Å²) in [5.41, 5.74) is 0.695. The van der Waals surface area contributed by atoms with Crippen LogP contribution in [0.2, 0.25) is 0 Å². The van der Waals surface area contributed by atoms with Crippen molar-refractivity contribution < 1.29 is 28.7 Å². The topological polar surface area (TPSA) is 114 Å². The van der Waals surface area contributed by atoms with Gasteiger partial charge in [-0.15, -0.1) is 0 Å². The predicted octanol–water partition coefficient (Wildman–Crippen LogP) is 3.98. The van der Waals surface area contributed by atoms with E-state index in [1.54, 1.807) is 50.8 Å². The lowest BCUT2D eigenvalue weighted by atomic mass is 9.97. The molecule has 0 aromatic heterocycles. The van der Waals surface area contributed by atoms with Gasteiger partial charge in [-0.2, -0.15) is 0 Å². The molecule has 3 amide bonds. The zero-order valence-corrected chi connectivity index (χ0v) is 22.8. The van der Waals surface area contributed by atoms with Gasteiger partial charge in [0.1, 0.15) is 17.7 Å². The van der Waals surface area contributed by atoms with Crippen molar-refractivity contribution in [3.8, 4) is 0 Å². The SMILES string of the molecule is C=Cc1cccc(C(C(=O)NCCC(=O)OCC)N(C(=O)C(NC(=O)OC(C)(C)C)C(C)C)C2CC2)c1. The average molecular weight is 516 g/mol. The molecule has 0 aliphatic heterocycles.